The molecule has 3 N–H and O–H groups in total. The van der Waals surface area contributed by atoms with Crippen LogP contribution < -0.4 is 20.7 Å². The van der Waals surface area contributed by atoms with Gasteiger partial charge in [-0.3, -0.25) is 4.79 Å². The van der Waals surface area contributed by atoms with Crippen molar-refractivity contribution in [2.24, 2.45) is 4.99 Å². The number of rotatable bonds is 11. The van der Waals surface area contributed by atoms with Crippen molar-refractivity contribution in [3.05, 3.63) is 90.2 Å². The minimum atomic E-state index is -0.639. The molecule has 0 bridgehead atoms. The lowest BCUT2D eigenvalue weighted by Crippen LogP contribution is -2.50. The molecule has 3 aromatic carbocycles. The van der Waals surface area contributed by atoms with Gasteiger partial charge in [-0.1, -0.05) is 30.3 Å². The van der Waals surface area contributed by atoms with Gasteiger partial charge in [-0.2, -0.15) is 5.26 Å². The van der Waals surface area contributed by atoms with Crippen LogP contribution in [0, 0.1) is 17.3 Å². The van der Waals surface area contributed by atoms with Gasteiger partial charge in [-0.05, 0) is 93.0 Å². The second-order valence-corrected chi connectivity index (χ2v) is 9.35. The van der Waals surface area contributed by atoms with Gasteiger partial charge in [0.2, 0.25) is 18.1 Å². The third kappa shape index (κ3) is 9.13. The van der Waals surface area contributed by atoms with E-state index in [2.05, 4.69) is 25.8 Å². The topological polar surface area (TPSA) is 102 Å². The summed E-state index contributed by atoms with van der Waals surface area (Å²) in [4.78, 5) is 19.5. The number of hydrogen-bond donors (Lipinski definition) is 3. The number of hydrogen-bond acceptors (Lipinski definition) is 5. The van der Waals surface area contributed by atoms with E-state index in [1.165, 1.54) is 25.0 Å². The lowest BCUT2D eigenvalue weighted by Gasteiger charge is -2.21. The standard InChI is InChI=1S/C30H33FN6O2/c31-24-9-13-26(14-10-24)39-27-15-11-25(12-16-27)35-30(34-22-32)36-28(21-23-7-2-1-3-8-23)29(38)33-17-6-20-37-18-4-5-19-37/h1-3,7-16,28H,4-6,17-21H2,(H,33,38)(H2,34,35,36)/t28-/m0/s1. The number of anilines is 1. The summed E-state index contributed by atoms with van der Waals surface area (Å²) in [6, 6.07) is 21.8. The molecule has 1 atom stereocenters. The molecule has 0 unspecified atom stereocenters. The van der Waals surface area contributed by atoms with Gasteiger partial charge in [-0.15, -0.1) is 4.99 Å². The minimum absolute atomic E-state index is 0.157. The number of benzene rings is 3. The van der Waals surface area contributed by atoms with Gasteiger partial charge in [0.15, 0.2) is 0 Å². The quantitative estimate of drug-likeness (QED) is 0.145. The summed E-state index contributed by atoms with van der Waals surface area (Å²) in [5.41, 5.74) is 1.63. The summed E-state index contributed by atoms with van der Waals surface area (Å²) in [5.74, 6) is 0.753. The lowest BCUT2D eigenvalue weighted by atomic mass is 10.1. The number of halogens is 1. The Labute approximate surface area is 228 Å². The van der Waals surface area contributed by atoms with Crippen LogP contribution in [-0.4, -0.2) is 49.0 Å². The molecule has 0 radical (unpaired) electrons. The third-order valence-electron chi connectivity index (χ3n) is 6.39. The van der Waals surface area contributed by atoms with Gasteiger partial charge in [0.25, 0.3) is 0 Å². The molecule has 0 aromatic heterocycles. The van der Waals surface area contributed by atoms with E-state index in [1.54, 1.807) is 42.6 Å². The van der Waals surface area contributed by atoms with Crippen molar-refractivity contribution in [1.82, 2.24) is 15.5 Å². The van der Waals surface area contributed by atoms with E-state index in [4.69, 9.17) is 4.74 Å². The Bertz CT molecular complexity index is 1250. The molecule has 1 amide bonds. The molecule has 1 heterocycles. The molecule has 1 aliphatic heterocycles. The first-order valence-corrected chi connectivity index (χ1v) is 13.2. The largest absolute Gasteiger partial charge is 0.457 e. The number of amides is 1. The van der Waals surface area contributed by atoms with Crippen LogP contribution in [0.15, 0.2) is 83.9 Å². The van der Waals surface area contributed by atoms with E-state index in [0.29, 0.717) is 30.2 Å². The summed E-state index contributed by atoms with van der Waals surface area (Å²) < 4.78 is 18.9. The average molecular weight is 529 g/mol. The monoisotopic (exact) mass is 528 g/mol. The van der Waals surface area contributed by atoms with Crippen LogP contribution in [-0.2, 0) is 11.2 Å². The smallest absolute Gasteiger partial charge is 0.242 e. The van der Waals surface area contributed by atoms with Crippen LogP contribution in [0.2, 0.25) is 0 Å². The Morgan fingerprint density at radius 2 is 1.67 bits per heavy atom. The number of aliphatic imine (C=N–C) groups is 1. The lowest BCUT2D eigenvalue weighted by molar-refractivity contribution is -0.122. The Hall–Kier alpha value is -4.42. The van der Waals surface area contributed by atoms with Crippen LogP contribution in [0.1, 0.15) is 24.8 Å². The van der Waals surface area contributed by atoms with E-state index >= 15 is 0 Å². The summed E-state index contributed by atoms with van der Waals surface area (Å²) >= 11 is 0. The molecule has 1 saturated heterocycles. The van der Waals surface area contributed by atoms with Crippen LogP contribution in [0.25, 0.3) is 0 Å². The Morgan fingerprint density at radius 1 is 1.00 bits per heavy atom. The second-order valence-electron chi connectivity index (χ2n) is 9.35. The fourth-order valence-corrected chi connectivity index (χ4v) is 4.40. The van der Waals surface area contributed by atoms with E-state index in [-0.39, 0.29) is 17.7 Å². The van der Waals surface area contributed by atoms with Gasteiger partial charge in [-0.25, -0.2) is 4.39 Å². The van der Waals surface area contributed by atoms with Crippen LogP contribution in [0.3, 0.4) is 0 Å². The molecule has 9 heteroatoms. The Kier molecular flexibility index (Phi) is 10.3. The zero-order chi connectivity index (χ0) is 27.3. The number of likely N-dealkylation sites (tertiary alicyclic amines) is 1. The van der Waals surface area contributed by atoms with Crippen molar-refractivity contribution in [2.45, 2.75) is 31.7 Å². The van der Waals surface area contributed by atoms with Crippen LogP contribution in [0.5, 0.6) is 11.5 Å². The maximum atomic E-state index is 13.2. The Balaban J connectivity index is 1.37. The molecule has 39 heavy (non-hydrogen) atoms. The number of nitrogens with zero attached hydrogens (tertiary/aromatic N) is 3. The first-order valence-electron chi connectivity index (χ1n) is 13.2. The maximum Gasteiger partial charge on any atom is 0.242 e. The molecule has 0 aliphatic carbocycles. The van der Waals surface area contributed by atoms with Gasteiger partial charge in [0, 0.05) is 18.7 Å². The number of nitriles is 1. The minimum Gasteiger partial charge on any atom is -0.457 e. The fourth-order valence-electron chi connectivity index (χ4n) is 4.40. The average Bonchev–Trinajstić information content (AvgIpc) is 3.47. The van der Waals surface area contributed by atoms with Crippen molar-refractivity contribution in [1.29, 1.82) is 5.26 Å². The first-order chi connectivity index (χ1) is 19.1. The Morgan fingerprint density at radius 3 is 2.33 bits per heavy atom. The number of nitrogens with one attached hydrogen (secondary N) is 3. The van der Waals surface area contributed by atoms with Gasteiger partial charge < -0.3 is 25.6 Å². The molecule has 4 rings (SSSR count). The third-order valence-corrected chi connectivity index (χ3v) is 6.39. The molecule has 0 saturated carbocycles. The van der Waals surface area contributed by atoms with E-state index in [9.17, 15) is 14.4 Å². The van der Waals surface area contributed by atoms with E-state index < -0.39 is 6.04 Å². The number of ether oxygens (including phenoxy) is 1. The molecule has 3 aromatic rings. The van der Waals surface area contributed by atoms with E-state index in [0.717, 1.165) is 31.6 Å². The normalized spacial score (nSPS) is 14.3. The van der Waals surface area contributed by atoms with Crippen LogP contribution >= 0.6 is 0 Å². The molecule has 1 aliphatic rings. The van der Waals surface area contributed by atoms with Gasteiger partial charge in [0.05, 0.1) is 0 Å². The predicted molar refractivity (Wildman–Crippen MR) is 150 cm³/mol. The number of guanidine groups is 1. The SMILES string of the molecule is N#C/N=C(\Nc1ccc(Oc2ccc(F)cc2)cc1)N[C@@H](Cc1ccccc1)C(=O)NCCCN1CCCC1. The maximum absolute atomic E-state index is 13.2. The molecule has 1 fully saturated rings. The molecule has 202 valence electrons. The number of carbonyl (C=O) groups is 1. The van der Waals surface area contributed by atoms with Gasteiger partial charge in [0.1, 0.15) is 23.4 Å². The van der Waals surface area contributed by atoms with Crippen molar-refractivity contribution in [2.75, 3.05) is 31.5 Å². The first kappa shape index (κ1) is 27.6. The van der Waals surface area contributed by atoms with Crippen molar-refractivity contribution in [3.8, 4) is 17.7 Å². The van der Waals surface area contributed by atoms with Gasteiger partial charge >= 0.3 is 0 Å². The molecular weight excluding hydrogens is 495 g/mol. The van der Waals surface area contributed by atoms with Crippen molar-refractivity contribution >= 4 is 17.6 Å². The highest BCUT2D eigenvalue weighted by atomic mass is 19.1. The molecular formula is C30H33FN6O2. The zero-order valence-electron chi connectivity index (χ0n) is 21.8. The summed E-state index contributed by atoms with van der Waals surface area (Å²) in [7, 11) is 0. The highest BCUT2D eigenvalue weighted by molar-refractivity contribution is 5.97. The fraction of sp³-hybridized carbons (Fsp3) is 0.300. The second kappa shape index (κ2) is 14.5. The highest BCUT2D eigenvalue weighted by Crippen LogP contribution is 2.23. The predicted octanol–water partition coefficient (Wildman–Crippen LogP) is 4.67. The number of carbonyl (C=O) groups excluding carboxylic acids is 1. The summed E-state index contributed by atoms with van der Waals surface area (Å²) in [6.07, 6.45) is 5.59. The summed E-state index contributed by atoms with van der Waals surface area (Å²) in [5, 5.41) is 18.5. The highest BCUT2D eigenvalue weighted by Gasteiger charge is 2.21. The molecule has 0 spiro atoms. The van der Waals surface area contributed by atoms with E-state index in [1.807, 2.05) is 30.3 Å². The zero-order valence-corrected chi connectivity index (χ0v) is 21.8. The van der Waals surface area contributed by atoms with Crippen molar-refractivity contribution in [3.63, 3.8) is 0 Å². The molecule has 8 nitrogen and oxygen atoms in total. The van der Waals surface area contributed by atoms with Crippen LogP contribution in [0.4, 0.5) is 10.1 Å². The van der Waals surface area contributed by atoms with Crippen molar-refractivity contribution < 1.29 is 13.9 Å². The summed E-state index contributed by atoms with van der Waals surface area (Å²) in [6.45, 7) is 3.81.